The van der Waals surface area contributed by atoms with Crippen molar-refractivity contribution in [2.75, 3.05) is 38.6 Å². The quantitative estimate of drug-likeness (QED) is 0.344. The van der Waals surface area contributed by atoms with Gasteiger partial charge in [0.2, 0.25) is 11.8 Å². The van der Waals surface area contributed by atoms with Gasteiger partial charge in [0.05, 0.1) is 17.2 Å². The Morgan fingerprint density at radius 1 is 0.848 bits per heavy atom. The van der Waals surface area contributed by atoms with Crippen molar-refractivity contribution in [1.29, 1.82) is 0 Å². The topological polar surface area (TPSA) is 64.2 Å². The first-order valence-electron chi connectivity index (χ1n) is 15.2. The van der Waals surface area contributed by atoms with Crippen molar-refractivity contribution < 1.29 is 45.1 Å². The van der Waals surface area contributed by atoms with Crippen LogP contribution in [-0.4, -0.2) is 78.4 Å². The van der Waals surface area contributed by atoms with E-state index in [0.717, 1.165) is 24.9 Å². The highest BCUT2D eigenvalue weighted by molar-refractivity contribution is 5.92. The van der Waals surface area contributed by atoms with Gasteiger partial charge in [-0.1, -0.05) is 12.1 Å². The highest BCUT2D eigenvalue weighted by Crippen LogP contribution is 2.40. The maximum absolute atomic E-state index is 13.8. The van der Waals surface area contributed by atoms with Gasteiger partial charge < -0.3 is 14.7 Å². The summed E-state index contributed by atoms with van der Waals surface area (Å²) in [4.78, 5) is 45.0. The van der Waals surface area contributed by atoms with Crippen LogP contribution >= 0.6 is 0 Å². The van der Waals surface area contributed by atoms with E-state index in [2.05, 4.69) is 0 Å². The Morgan fingerprint density at radius 3 is 1.96 bits per heavy atom. The van der Waals surface area contributed by atoms with Crippen LogP contribution in [0.25, 0.3) is 0 Å². The van der Waals surface area contributed by atoms with E-state index in [1.54, 1.807) is 4.90 Å². The van der Waals surface area contributed by atoms with Gasteiger partial charge in [-0.15, -0.1) is 0 Å². The molecule has 250 valence electrons. The Bertz CT molecular complexity index is 1420. The van der Waals surface area contributed by atoms with Crippen LogP contribution in [0.1, 0.15) is 61.1 Å². The summed E-state index contributed by atoms with van der Waals surface area (Å²) in [6, 6.07) is 5.01. The molecule has 2 aromatic rings. The molecule has 0 aromatic heterocycles. The number of likely N-dealkylation sites (N-methyl/N-ethyl adjacent to an activating group) is 1. The number of alkyl halides is 6. The van der Waals surface area contributed by atoms with E-state index < -0.39 is 53.0 Å². The fourth-order valence-electron chi connectivity index (χ4n) is 6.97. The molecule has 1 aliphatic carbocycles. The molecule has 0 bridgehead atoms. The lowest BCUT2D eigenvalue weighted by Gasteiger charge is -2.35. The Hall–Kier alpha value is -3.84. The molecule has 0 radical (unpaired) electrons. The van der Waals surface area contributed by atoms with Crippen molar-refractivity contribution in [1.82, 2.24) is 14.7 Å². The Labute approximate surface area is 261 Å². The van der Waals surface area contributed by atoms with Gasteiger partial charge in [0.1, 0.15) is 5.82 Å². The standard InChI is InChI=1S/C32H35F7N4O3/c1-40(25-15-21(31(34,35)36)14-22(16-25)32(37,38)39)30(46)41(2)27-18-42(17-26(27)19-5-9-23(33)10-6-19)29(45)20-7-11-24(12-8-20)43-13-3-4-28(43)44/h5-6,9-10,14-16,20,24,26-27H,3-4,7-8,11-13,17-18H2,1-2H3. The van der Waals surface area contributed by atoms with Crippen LogP contribution in [0.15, 0.2) is 42.5 Å². The molecule has 14 heteroatoms. The van der Waals surface area contributed by atoms with E-state index in [1.165, 1.54) is 36.2 Å². The van der Waals surface area contributed by atoms with Crippen LogP contribution in [-0.2, 0) is 21.9 Å². The van der Waals surface area contributed by atoms with Crippen LogP contribution in [0.4, 0.5) is 41.2 Å². The SMILES string of the molecule is CN(C(=O)N(C)C1CN(C(=O)C2CCC(N3CCCC3=O)CC2)CC1c1ccc(F)cc1)c1cc(C(F)(F)F)cc(C(F)(F)F)c1. The molecule has 7 nitrogen and oxygen atoms in total. The van der Waals surface area contributed by atoms with Gasteiger partial charge in [0, 0.05) is 63.7 Å². The Balaban J connectivity index is 1.36. The first-order chi connectivity index (χ1) is 21.5. The second-order valence-corrected chi connectivity index (χ2v) is 12.4. The zero-order valence-corrected chi connectivity index (χ0v) is 25.4. The molecule has 2 atom stereocenters. The molecule has 2 aliphatic heterocycles. The summed E-state index contributed by atoms with van der Waals surface area (Å²) in [5.74, 6) is -1.28. The summed E-state index contributed by atoms with van der Waals surface area (Å²) in [6.07, 6.45) is -6.24. The third-order valence-electron chi connectivity index (χ3n) is 9.54. The molecule has 2 saturated heterocycles. The molecule has 0 spiro atoms. The number of benzene rings is 2. The first kappa shape index (κ1) is 33.5. The molecular formula is C32H35F7N4O3. The fraction of sp³-hybridized carbons (Fsp3) is 0.531. The van der Waals surface area contributed by atoms with Gasteiger partial charge >= 0.3 is 18.4 Å². The van der Waals surface area contributed by atoms with E-state index in [4.69, 9.17) is 0 Å². The molecule has 2 heterocycles. The lowest BCUT2D eigenvalue weighted by Crippen LogP contribution is -2.48. The normalized spacial score (nSPS) is 24.0. The van der Waals surface area contributed by atoms with Crippen LogP contribution in [0.2, 0.25) is 0 Å². The number of rotatable bonds is 5. The number of urea groups is 1. The van der Waals surface area contributed by atoms with Crippen LogP contribution in [0.5, 0.6) is 0 Å². The van der Waals surface area contributed by atoms with Gasteiger partial charge in [-0.3, -0.25) is 14.5 Å². The Morgan fingerprint density at radius 2 is 1.43 bits per heavy atom. The number of halogens is 7. The molecule has 5 rings (SSSR count). The molecule has 3 aliphatic rings. The average Bonchev–Trinajstić information content (AvgIpc) is 3.66. The van der Waals surface area contributed by atoms with Crippen molar-refractivity contribution in [3.05, 3.63) is 65.0 Å². The van der Waals surface area contributed by atoms with Crippen LogP contribution in [0.3, 0.4) is 0 Å². The molecule has 46 heavy (non-hydrogen) atoms. The summed E-state index contributed by atoms with van der Waals surface area (Å²) in [6.45, 7) is 0.975. The third-order valence-corrected chi connectivity index (χ3v) is 9.54. The molecule has 4 amide bonds. The van der Waals surface area contributed by atoms with Crippen LogP contribution < -0.4 is 4.90 Å². The lowest BCUT2D eigenvalue weighted by atomic mass is 9.84. The van der Waals surface area contributed by atoms with Crippen molar-refractivity contribution in [3.63, 3.8) is 0 Å². The summed E-state index contributed by atoms with van der Waals surface area (Å²) >= 11 is 0. The predicted octanol–water partition coefficient (Wildman–Crippen LogP) is 6.53. The minimum atomic E-state index is -5.09. The van der Waals surface area contributed by atoms with Crippen LogP contribution in [0, 0.1) is 11.7 Å². The molecule has 2 unspecified atom stereocenters. The van der Waals surface area contributed by atoms with E-state index in [0.29, 0.717) is 49.8 Å². The van der Waals surface area contributed by atoms with Crippen molar-refractivity contribution in [3.8, 4) is 0 Å². The second-order valence-electron chi connectivity index (χ2n) is 12.4. The maximum atomic E-state index is 13.8. The van der Waals surface area contributed by atoms with Gasteiger partial charge in [-0.05, 0) is 68.0 Å². The van der Waals surface area contributed by atoms with Crippen molar-refractivity contribution in [2.24, 2.45) is 5.92 Å². The molecular weight excluding hydrogens is 621 g/mol. The van der Waals surface area contributed by atoms with Gasteiger partial charge in [-0.25, -0.2) is 9.18 Å². The van der Waals surface area contributed by atoms with Gasteiger partial charge in [0.15, 0.2) is 0 Å². The van der Waals surface area contributed by atoms with Gasteiger partial charge in [0.25, 0.3) is 0 Å². The number of hydrogen-bond acceptors (Lipinski definition) is 3. The zero-order valence-electron chi connectivity index (χ0n) is 25.4. The number of hydrogen-bond donors (Lipinski definition) is 0. The summed E-state index contributed by atoms with van der Waals surface area (Å²) < 4.78 is 94.8. The monoisotopic (exact) mass is 656 g/mol. The third kappa shape index (κ3) is 6.95. The number of anilines is 1. The smallest absolute Gasteiger partial charge is 0.340 e. The minimum absolute atomic E-state index is 0.00692. The van der Waals surface area contributed by atoms with E-state index in [-0.39, 0.29) is 42.9 Å². The number of nitrogens with zero attached hydrogens (tertiary/aromatic N) is 4. The predicted molar refractivity (Wildman–Crippen MR) is 154 cm³/mol. The summed E-state index contributed by atoms with van der Waals surface area (Å²) in [7, 11) is 2.47. The van der Waals surface area contributed by atoms with Gasteiger partial charge in [-0.2, -0.15) is 26.3 Å². The first-order valence-corrected chi connectivity index (χ1v) is 15.2. The number of carbonyl (C=O) groups is 3. The van der Waals surface area contributed by atoms with E-state index in [9.17, 15) is 45.1 Å². The molecule has 2 aromatic carbocycles. The highest BCUT2D eigenvalue weighted by atomic mass is 19.4. The zero-order chi connectivity index (χ0) is 33.6. The summed E-state index contributed by atoms with van der Waals surface area (Å²) in [5.41, 5.74) is -3.08. The fourth-order valence-corrected chi connectivity index (χ4v) is 6.97. The lowest BCUT2D eigenvalue weighted by molar-refractivity contribution is -0.143. The van der Waals surface area contributed by atoms with E-state index >= 15 is 0 Å². The minimum Gasteiger partial charge on any atom is -0.340 e. The van der Waals surface area contributed by atoms with Crippen molar-refractivity contribution in [2.45, 2.75) is 68.9 Å². The maximum Gasteiger partial charge on any atom is 0.416 e. The Kier molecular flexibility index (Phi) is 9.29. The number of likely N-dealkylation sites (tertiary alicyclic amines) is 2. The van der Waals surface area contributed by atoms with Crippen molar-refractivity contribution >= 4 is 23.5 Å². The highest BCUT2D eigenvalue weighted by Gasteiger charge is 2.44. The molecule has 1 saturated carbocycles. The van der Waals surface area contributed by atoms with E-state index in [1.807, 2.05) is 4.90 Å². The second kappa shape index (κ2) is 12.7. The number of amides is 4. The molecule has 0 N–H and O–H groups in total. The molecule has 3 fully saturated rings. The number of carbonyl (C=O) groups excluding carboxylic acids is 3. The average molecular weight is 657 g/mol. The largest absolute Gasteiger partial charge is 0.416 e. The summed E-state index contributed by atoms with van der Waals surface area (Å²) in [5, 5.41) is 0.